The van der Waals surface area contributed by atoms with Crippen LogP contribution in [0.1, 0.15) is 30.1 Å². The summed E-state index contributed by atoms with van der Waals surface area (Å²) in [4.78, 5) is 43.3. The summed E-state index contributed by atoms with van der Waals surface area (Å²) in [5, 5.41) is 0. The molecular weight excluding hydrogens is 434 g/mol. The van der Waals surface area contributed by atoms with Gasteiger partial charge in [0.2, 0.25) is 5.91 Å². The number of nitrogens with zero attached hydrogens (tertiary/aromatic N) is 3. The lowest BCUT2D eigenvalue weighted by molar-refractivity contribution is -0.129. The molecule has 166 valence electrons. The summed E-state index contributed by atoms with van der Waals surface area (Å²) in [6.07, 6.45) is 3.81. The fourth-order valence-corrected chi connectivity index (χ4v) is 5.22. The number of carbonyl (C=O) groups excluding carboxylic acids is 3. The first-order valence-corrected chi connectivity index (χ1v) is 12.2. The number of thioether (sulfide) groups is 1. The maximum atomic E-state index is 12.4. The molecular formula is C22H27N3O4S2. The molecule has 0 atom stereocenters. The number of aromatic nitrogens is 1. The van der Waals surface area contributed by atoms with Crippen molar-refractivity contribution >= 4 is 51.1 Å². The highest BCUT2D eigenvalue weighted by molar-refractivity contribution is 8.00. The summed E-state index contributed by atoms with van der Waals surface area (Å²) in [5.41, 5.74) is 1.31. The summed E-state index contributed by atoms with van der Waals surface area (Å²) in [5.74, 6) is 0.489. The highest BCUT2D eigenvalue weighted by Gasteiger charge is 2.20. The van der Waals surface area contributed by atoms with Gasteiger partial charge in [-0.2, -0.15) is 4.99 Å². The van der Waals surface area contributed by atoms with Crippen LogP contribution < -0.4 is 4.80 Å². The summed E-state index contributed by atoms with van der Waals surface area (Å²) in [6, 6.07) is 5.24. The molecule has 2 heterocycles. The zero-order valence-electron chi connectivity index (χ0n) is 17.8. The van der Waals surface area contributed by atoms with Gasteiger partial charge in [0, 0.05) is 19.6 Å². The second-order valence-electron chi connectivity index (χ2n) is 7.52. The van der Waals surface area contributed by atoms with Crippen molar-refractivity contribution in [1.82, 2.24) is 9.47 Å². The number of hydrogen-bond donors (Lipinski definition) is 0. The lowest BCUT2D eigenvalue weighted by Crippen LogP contribution is -2.39. The Morgan fingerprint density at radius 3 is 2.71 bits per heavy atom. The van der Waals surface area contributed by atoms with Gasteiger partial charge in [0.25, 0.3) is 5.91 Å². The molecule has 0 saturated carbocycles. The van der Waals surface area contributed by atoms with Crippen molar-refractivity contribution in [2.24, 2.45) is 10.9 Å². The van der Waals surface area contributed by atoms with Crippen LogP contribution >= 0.6 is 23.1 Å². The smallest absolute Gasteiger partial charge is 0.337 e. The molecule has 1 fully saturated rings. The van der Waals surface area contributed by atoms with E-state index in [1.165, 1.54) is 30.2 Å². The first kappa shape index (κ1) is 23.3. The molecule has 7 nitrogen and oxygen atoms in total. The Hall–Kier alpha value is -2.39. The quantitative estimate of drug-likeness (QED) is 0.468. The van der Waals surface area contributed by atoms with E-state index >= 15 is 0 Å². The fraction of sp³-hybridized carbons (Fsp3) is 0.455. The molecule has 0 aliphatic carbocycles. The number of rotatable bonds is 7. The third-order valence-electron chi connectivity index (χ3n) is 5.22. The monoisotopic (exact) mass is 461 g/mol. The fourth-order valence-electron chi connectivity index (χ4n) is 3.42. The van der Waals surface area contributed by atoms with Gasteiger partial charge in [0.05, 0.1) is 34.4 Å². The largest absolute Gasteiger partial charge is 0.465 e. The van der Waals surface area contributed by atoms with E-state index in [0.29, 0.717) is 22.8 Å². The minimum absolute atomic E-state index is 0.0867. The Morgan fingerprint density at radius 2 is 2.03 bits per heavy atom. The number of ether oxygens (including phenoxy) is 1. The number of esters is 1. The maximum Gasteiger partial charge on any atom is 0.337 e. The van der Waals surface area contributed by atoms with Crippen LogP contribution in [0, 0.1) is 5.92 Å². The van der Waals surface area contributed by atoms with Gasteiger partial charge in [-0.1, -0.05) is 24.3 Å². The number of carbonyl (C=O) groups is 3. The van der Waals surface area contributed by atoms with Gasteiger partial charge in [-0.15, -0.1) is 18.3 Å². The molecule has 0 bridgehead atoms. The minimum atomic E-state index is -0.413. The van der Waals surface area contributed by atoms with Crippen LogP contribution in [0.4, 0.5) is 0 Å². The first-order chi connectivity index (χ1) is 14.9. The number of benzene rings is 1. The van der Waals surface area contributed by atoms with Gasteiger partial charge < -0.3 is 14.2 Å². The number of hydrogen-bond acceptors (Lipinski definition) is 6. The first-order valence-electron chi connectivity index (χ1n) is 10.2. The molecule has 1 aromatic heterocycles. The second kappa shape index (κ2) is 10.8. The Morgan fingerprint density at radius 1 is 1.29 bits per heavy atom. The van der Waals surface area contributed by atoms with Crippen molar-refractivity contribution in [1.29, 1.82) is 0 Å². The molecule has 0 radical (unpaired) electrons. The Balaban J connectivity index is 1.69. The highest BCUT2D eigenvalue weighted by atomic mass is 32.2. The molecule has 2 aromatic rings. The Kier molecular flexibility index (Phi) is 8.09. The topological polar surface area (TPSA) is 81.0 Å². The number of amides is 2. The van der Waals surface area contributed by atoms with E-state index in [1.54, 1.807) is 18.2 Å². The van der Waals surface area contributed by atoms with E-state index in [0.717, 1.165) is 36.1 Å². The number of fused-ring (bicyclic) bond motifs is 1. The third kappa shape index (κ3) is 5.86. The zero-order chi connectivity index (χ0) is 22.4. The molecule has 0 spiro atoms. The number of likely N-dealkylation sites (tertiary alicyclic amines) is 1. The maximum absolute atomic E-state index is 12.4. The molecule has 1 aromatic carbocycles. The van der Waals surface area contributed by atoms with Gasteiger partial charge in [0.15, 0.2) is 4.80 Å². The van der Waals surface area contributed by atoms with Gasteiger partial charge >= 0.3 is 5.97 Å². The molecule has 1 saturated heterocycles. The van der Waals surface area contributed by atoms with Crippen LogP contribution in [0.25, 0.3) is 10.2 Å². The number of thiazole rings is 1. The Bertz CT molecular complexity index is 1050. The lowest BCUT2D eigenvalue weighted by Gasteiger charge is -2.30. The molecule has 1 aliphatic heterocycles. The lowest BCUT2D eigenvalue weighted by atomic mass is 9.99. The SMILES string of the molecule is C=CCn1c(=NC(=O)CSCC(=O)N2CCC(C)CC2)sc2cc(C(=O)OC)ccc21. The van der Waals surface area contributed by atoms with Crippen LogP contribution in [0.3, 0.4) is 0 Å². The summed E-state index contributed by atoms with van der Waals surface area (Å²) in [7, 11) is 1.34. The van der Waals surface area contributed by atoms with Crippen LogP contribution in [0.15, 0.2) is 35.8 Å². The van der Waals surface area contributed by atoms with Crippen molar-refractivity contribution in [3.63, 3.8) is 0 Å². The van der Waals surface area contributed by atoms with Crippen LogP contribution in [0.5, 0.6) is 0 Å². The molecule has 31 heavy (non-hydrogen) atoms. The second-order valence-corrected chi connectivity index (χ2v) is 9.51. The highest BCUT2D eigenvalue weighted by Crippen LogP contribution is 2.20. The molecule has 1 aliphatic rings. The molecule has 0 unspecified atom stereocenters. The summed E-state index contributed by atoms with van der Waals surface area (Å²) < 4.78 is 7.50. The zero-order valence-corrected chi connectivity index (χ0v) is 19.5. The third-order valence-corrected chi connectivity index (χ3v) is 7.17. The van der Waals surface area contributed by atoms with Gasteiger partial charge in [-0.25, -0.2) is 4.79 Å². The van der Waals surface area contributed by atoms with E-state index in [1.807, 2.05) is 15.5 Å². The van der Waals surface area contributed by atoms with E-state index in [9.17, 15) is 14.4 Å². The van der Waals surface area contributed by atoms with E-state index in [2.05, 4.69) is 18.5 Å². The van der Waals surface area contributed by atoms with Crippen molar-refractivity contribution < 1.29 is 19.1 Å². The average molecular weight is 462 g/mol. The van der Waals surface area contributed by atoms with Gasteiger partial charge in [-0.05, 0) is 37.0 Å². The molecule has 0 N–H and O–H groups in total. The predicted octanol–water partition coefficient (Wildman–Crippen LogP) is 3.09. The van der Waals surface area contributed by atoms with Crippen molar-refractivity contribution in [2.75, 3.05) is 31.7 Å². The van der Waals surface area contributed by atoms with Gasteiger partial charge in [-0.3, -0.25) is 9.59 Å². The summed E-state index contributed by atoms with van der Waals surface area (Å²) in [6.45, 7) is 8.08. The summed E-state index contributed by atoms with van der Waals surface area (Å²) >= 11 is 2.63. The Labute approximate surface area is 189 Å². The minimum Gasteiger partial charge on any atom is -0.465 e. The molecule has 9 heteroatoms. The van der Waals surface area contributed by atoms with Crippen molar-refractivity contribution in [3.05, 3.63) is 41.2 Å². The predicted molar refractivity (Wildman–Crippen MR) is 124 cm³/mol. The van der Waals surface area contributed by atoms with Gasteiger partial charge in [0.1, 0.15) is 0 Å². The van der Waals surface area contributed by atoms with Crippen LogP contribution in [-0.2, 0) is 20.9 Å². The molecule has 2 amide bonds. The number of allylic oxidation sites excluding steroid dienone is 1. The van der Waals surface area contributed by atoms with Crippen LogP contribution in [0.2, 0.25) is 0 Å². The normalized spacial score (nSPS) is 15.3. The number of methoxy groups -OCH3 is 1. The van der Waals surface area contributed by atoms with E-state index < -0.39 is 5.97 Å². The van der Waals surface area contributed by atoms with Crippen molar-refractivity contribution in [2.45, 2.75) is 26.3 Å². The van der Waals surface area contributed by atoms with Crippen LogP contribution in [-0.4, -0.2) is 59.0 Å². The molecule has 3 rings (SSSR count). The number of piperidine rings is 1. The van der Waals surface area contributed by atoms with E-state index in [-0.39, 0.29) is 23.3 Å². The van der Waals surface area contributed by atoms with Crippen molar-refractivity contribution in [3.8, 4) is 0 Å². The average Bonchev–Trinajstić information content (AvgIpc) is 3.09. The standard InChI is InChI=1S/C22H27N3O4S2/c1-4-9-25-17-6-5-16(21(28)29-3)12-18(17)31-22(25)23-19(26)13-30-14-20(27)24-10-7-15(2)8-11-24/h4-6,12,15H,1,7-11,13-14H2,2-3H3. The van der Waals surface area contributed by atoms with E-state index in [4.69, 9.17) is 4.74 Å².